The van der Waals surface area contributed by atoms with Gasteiger partial charge in [0.15, 0.2) is 0 Å². The van der Waals surface area contributed by atoms with E-state index in [-0.39, 0.29) is 6.42 Å². The molecule has 5 heteroatoms. The van der Waals surface area contributed by atoms with E-state index in [0.29, 0.717) is 11.2 Å². The van der Waals surface area contributed by atoms with E-state index in [0.717, 1.165) is 20.8 Å². The Kier molecular flexibility index (Phi) is 2.90. The van der Waals surface area contributed by atoms with Crippen LogP contribution in [0.1, 0.15) is 25.8 Å². The summed E-state index contributed by atoms with van der Waals surface area (Å²) in [4.78, 5) is 11.1. The Morgan fingerprint density at radius 2 is 1.80 bits per heavy atom. The largest absolute Gasteiger partial charge is 0.481 e. The molecule has 2 heterocycles. The van der Waals surface area contributed by atoms with Crippen molar-refractivity contribution in [3.8, 4) is 0 Å². The first-order chi connectivity index (χ1) is 9.42. The van der Waals surface area contributed by atoms with E-state index in [9.17, 15) is 4.79 Å². The molecule has 0 bridgehead atoms. The van der Waals surface area contributed by atoms with Crippen LogP contribution in [-0.2, 0) is 10.2 Å². The minimum atomic E-state index is -0.839. The molecule has 0 fully saturated rings. The zero-order valence-corrected chi connectivity index (χ0v) is 12.7. The van der Waals surface area contributed by atoms with Crippen LogP contribution >= 0.6 is 15.9 Å². The highest BCUT2D eigenvalue weighted by Crippen LogP contribution is 2.43. The molecule has 0 atom stereocenters. The Hall–Kier alpha value is -1.75. The third kappa shape index (κ3) is 1.85. The molecular weight excluding hydrogens is 324 g/mol. The molecule has 0 aliphatic carbocycles. The molecule has 1 N–H and O–H groups in total. The zero-order chi connectivity index (χ0) is 14.5. The summed E-state index contributed by atoms with van der Waals surface area (Å²) in [5.74, 6) is -0.839. The second-order valence-corrected chi connectivity index (χ2v) is 6.26. The number of rotatable bonds is 3. The van der Waals surface area contributed by atoms with Gasteiger partial charge < -0.3 is 13.9 Å². The predicted octanol–water partition coefficient (Wildman–Crippen LogP) is 4.69. The molecule has 0 aliphatic heterocycles. The molecule has 0 amide bonds. The molecule has 0 spiro atoms. The minimum absolute atomic E-state index is 0.0186. The lowest BCUT2D eigenvalue weighted by Crippen LogP contribution is -2.22. The van der Waals surface area contributed by atoms with Crippen LogP contribution in [0, 0.1) is 0 Å². The molecule has 3 aromatic rings. The fourth-order valence-corrected chi connectivity index (χ4v) is 3.35. The SMILES string of the molecule is CC(C)(CC(=O)O)c1c2ccoc2c(Br)c2ccoc12. The van der Waals surface area contributed by atoms with E-state index < -0.39 is 11.4 Å². The maximum Gasteiger partial charge on any atom is 0.304 e. The topological polar surface area (TPSA) is 63.6 Å². The first kappa shape index (κ1) is 13.2. The predicted molar refractivity (Wildman–Crippen MR) is 79.0 cm³/mol. The smallest absolute Gasteiger partial charge is 0.304 e. The van der Waals surface area contributed by atoms with Crippen molar-refractivity contribution in [2.24, 2.45) is 0 Å². The number of fused-ring (bicyclic) bond motifs is 2. The van der Waals surface area contributed by atoms with E-state index in [2.05, 4.69) is 15.9 Å². The highest BCUT2D eigenvalue weighted by Gasteiger charge is 2.31. The summed E-state index contributed by atoms with van der Waals surface area (Å²) < 4.78 is 12.0. The third-order valence-electron chi connectivity index (χ3n) is 3.53. The van der Waals surface area contributed by atoms with Crippen LogP contribution < -0.4 is 0 Å². The number of hydrogen-bond donors (Lipinski definition) is 1. The molecule has 1 aromatic carbocycles. The van der Waals surface area contributed by atoms with Crippen molar-refractivity contribution in [2.75, 3.05) is 0 Å². The lowest BCUT2D eigenvalue weighted by Gasteiger charge is -2.24. The molecule has 0 unspecified atom stereocenters. The Morgan fingerprint density at radius 3 is 2.45 bits per heavy atom. The molecule has 0 saturated heterocycles. The Balaban J connectivity index is 2.42. The number of hydrogen-bond acceptors (Lipinski definition) is 3. The Labute approximate surface area is 123 Å². The van der Waals surface area contributed by atoms with Crippen LogP contribution in [0.2, 0.25) is 0 Å². The van der Waals surface area contributed by atoms with Crippen molar-refractivity contribution < 1.29 is 18.7 Å². The molecule has 2 aromatic heterocycles. The Morgan fingerprint density at radius 1 is 1.20 bits per heavy atom. The van der Waals surface area contributed by atoms with Crippen molar-refractivity contribution in [1.29, 1.82) is 0 Å². The first-order valence-electron chi connectivity index (χ1n) is 6.20. The van der Waals surface area contributed by atoms with Gasteiger partial charge in [0.05, 0.1) is 23.4 Å². The fourth-order valence-electron chi connectivity index (χ4n) is 2.73. The van der Waals surface area contributed by atoms with Crippen LogP contribution in [0.4, 0.5) is 0 Å². The molecule has 3 rings (SSSR count). The summed E-state index contributed by atoms with van der Waals surface area (Å²) in [6.45, 7) is 3.80. The average molecular weight is 337 g/mol. The number of carboxylic acids is 1. The van der Waals surface area contributed by atoms with Gasteiger partial charge in [0.25, 0.3) is 0 Å². The number of halogens is 1. The summed E-state index contributed by atoms with van der Waals surface area (Å²) in [6, 6.07) is 3.70. The second-order valence-electron chi connectivity index (χ2n) is 5.47. The molecule has 104 valence electrons. The van der Waals surface area contributed by atoms with Gasteiger partial charge in [-0.05, 0) is 28.1 Å². The summed E-state index contributed by atoms with van der Waals surface area (Å²) in [5.41, 5.74) is 1.72. The normalized spacial score (nSPS) is 12.3. The van der Waals surface area contributed by atoms with Gasteiger partial charge in [0, 0.05) is 21.8 Å². The lowest BCUT2D eigenvalue weighted by molar-refractivity contribution is -0.138. The van der Waals surface area contributed by atoms with Gasteiger partial charge in [-0.2, -0.15) is 0 Å². The maximum atomic E-state index is 11.1. The standard InChI is InChI=1S/C15H13BrO4/c1-15(2,7-10(17)18)11-8-3-5-20-14(8)12(16)9-4-6-19-13(9)11/h3-6H,7H2,1-2H3,(H,17,18). The van der Waals surface area contributed by atoms with Crippen molar-refractivity contribution in [2.45, 2.75) is 25.7 Å². The van der Waals surface area contributed by atoms with Crippen LogP contribution in [-0.4, -0.2) is 11.1 Å². The zero-order valence-electron chi connectivity index (χ0n) is 11.1. The van der Waals surface area contributed by atoms with Crippen molar-refractivity contribution >= 4 is 43.8 Å². The number of benzene rings is 1. The van der Waals surface area contributed by atoms with E-state index in [1.54, 1.807) is 12.5 Å². The molecule has 0 aliphatic rings. The summed E-state index contributed by atoms with van der Waals surface area (Å²) in [6.07, 6.45) is 3.23. The third-order valence-corrected chi connectivity index (χ3v) is 4.32. The monoisotopic (exact) mass is 336 g/mol. The quantitative estimate of drug-likeness (QED) is 0.753. The molecule has 20 heavy (non-hydrogen) atoms. The van der Waals surface area contributed by atoms with E-state index in [1.807, 2.05) is 26.0 Å². The number of carboxylic acid groups (broad SMARTS) is 1. The van der Waals surface area contributed by atoms with Crippen molar-refractivity contribution in [3.05, 3.63) is 34.7 Å². The molecular formula is C15H13BrO4. The van der Waals surface area contributed by atoms with Crippen LogP contribution in [0.15, 0.2) is 38.0 Å². The number of furan rings is 2. The lowest BCUT2D eigenvalue weighted by atomic mass is 9.79. The highest BCUT2D eigenvalue weighted by atomic mass is 79.9. The van der Waals surface area contributed by atoms with Gasteiger partial charge in [-0.1, -0.05) is 13.8 Å². The molecule has 0 saturated carbocycles. The first-order valence-corrected chi connectivity index (χ1v) is 6.99. The van der Waals surface area contributed by atoms with E-state index >= 15 is 0 Å². The van der Waals surface area contributed by atoms with Gasteiger partial charge in [-0.15, -0.1) is 0 Å². The summed E-state index contributed by atoms with van der Waals surface area (Å²) >= 11 is 3.52. The molecule has 0 radical (unpaired) electrons. The molecule has 4 nitrogen and oxygen atoms in total. The highest BCUT2D eigenvalue weighted by molar-refractivity contribution is 9.10. The van der Waals surface area contributed by atoms with Gasteiger partial charge >= 0.3 is 5.97 Å². The van der Waals surface area contributed by atoms with Gasteiger partial charge in [-0.3, -0.25) is 4.79 Å². The van der Waals surface area contributed by atoms with E-state index in [1.165, 1.54) is 0 Å². The number of carbonyl (C=O) groups is 1. The number of aliphatic carboxylic acids is 1. The van der Waals surface area contributed by atoms with Crippen LogP contribution in [0.3, 0.4) is 0 Å². The van der Waals surface area contributed by atoms with Gasteiger partial charge in [0.1, 0.15) is 11.2 Å². The average Bonchev–Trinajstić information content (AvgIpc) is 2.94. The fraction of sp³-hybridized carbons (Fsp3) is 0.267. The second kappa shape index (κ2) is 4.38. The van der Waals surface area contributed by atoms with Crippen molar-refractivity contribution in [3.63, 3.8) is 0 Å². The van der Waals surface area contributed by atoms with Gasteiger partial charge in [-0.25, -0.2) is 0 Å². The minimum Gasteiger partial charge on any atom is -0.481 e. The van der Waals surface area contributed by atoms with Gasteiger partial charge in [0.2, 0.25) is 0 Å². The van der Waals surface area contributed by atoms with E-state index in [4.69, 9.17) is 13.9 Å². The van der Waals surface area contributed by atoms with Crippen molar-refractivity contribution in [1.82, 2.24) is 0 Å². The Bertz CT molecular complexity index is 758. The van der Waals surface area contributed by atoms with Crippen LogP contribution in [0.5, 0.6) is 0 Å². The van der Waals surface area contributed by atoms with Crippen LogP contribution in [0.25, 0.3) is 21.9 Å². The maximum absolute atomic E-state index is 11.1. The summed E-state index contributed by atoms with van der Waals surface area (Å²) in [5, 5.41) is 10.9. The summed E-state index contributed by atoms with van der Waals surface area (Å²) in [7, 11) is 0.